The zero-order valence-electron chi connectivity index (χ0n) is 53.6. The van der Waals surface area contributed by atoms with Crippen LogP contribution in [0.4, 0.5) is 5.69 Å². The Bertz CT molecular complexity index is 2570. The first-order valence-electron chi connectivity index (χ1n) is 27.1. The number of hydrogen-bond donors (Lipinski definition) is 2. The van der Waals surface area contributed by atoms with Gasteiger partial charge in [0.1, 0.15) is 0 Å². The van der Waals surface area contributed by atoms with E-state index in [4.69, 9.17) is 0 Å². The van der Waals surface area contributed by atoms with Crippen LogP contribution in [0.3, 0.4) is 0 Å². The zero-order chi connectivity index (χ0) is 56.2. The quantitative estimate of drug-likeness (QED) is 0.135. The van der Waals surface area contributed by atoms with Gasteiger partial charge in [0.15, 0.2) is 0 Å². The maximum atomic E-state index is 4.38. The third-order valence-electron chi connectivity index (χ3n) is 8.81. The number of thiophene rings is 1. The standard InChI is InChI=1S/C13H8N.C12H10N.C11H8N.C9H6NS.C7H8N2.8C2H6.4CH3.4Ir/c1-2-6-12-10(4-1)7-8-11-5-3-9-14-13(11)12;1-2-6-11(7-3-1)10-12-8-4-5-9-13-12;1-2-6-10(7-3-1)11-8-4-5-9-12-11;1-2-6-10-8(4-1)9-5-3-7-11-9;1-2-4-7-6(3-1)5-8-9-7;8*1-2;;;;;;;;/h1-5,7-9H;1-6,8-9H,10H2;1-6,8-9H;1-4,6-7H;1-4,8-9H,5H2;8*1-2H3;4*1H3;;;;/q4*-1;;;;;;;;;;4*-1;;;;. The number of anilines is 1. The molecule has 0 unspecified atom stereocenters. The van der Waals surface area contributed by atoms with Gasteiger partial charge in [0.25, 0.3) is 0 Å². The summed E-state index contributed by atoms with van der Waals surface area (Å²) in [5.41, 5.74) is 15.0. The molecule has 0 bridgehead atoms. The molecule has 0 saturated heterocycles. The van der Waals surface area contributed by atoms with Crippen LogP contribution in [0.15, 0.2) is 206 Å². The average Bonchev–Trinajstić information content (AvgIpc) is 4.28. The van der Waals surface area contributed by atoms with Crippen LogP contribution >= 0.6 is 11.3 Å². The first-order chi connectivity index (χ1) is 37.3. The molecule has 4 radical (unpaired) electrons. The predicted octanol–water partition coefficient (Wildman–Crippen LogP) is 21.9. The number of hydrazine groups is 1. The fourth-order valence-corrected chi connectivity index (χ4v) is 6.61. The second kappa shape index (κ2) is 73.4. The van der Waals surface area contributed by atoms with E-state index in [9.17, 15) is 0 Å². The fraction of sp³-hybridized carbons (Fsp3) is 0.250. The second-order valence-electron chi connectivity index (χ2n) is 12.9. The van der Waals surface area contributed by atoms with Crippen LogP contribution in [0, 0.1) is 54.0 Å². The molecule has 0 atom stereocenters. The monoisotopic (exact) mass is 1850 g/mol. The van der Waals surface area contributed by atoms with Crippen molar-refractivity contribution in [3.05, 3.63) is 277 Å². The molecular weight excluding hydrogens is 1750 g/mol. The van der Waals surface area contributed by atoms with Crippen LogP contribution in [0.25, 0.3) is 43.5 Å². The van der Waals surface area contributed by atoms with E-state index in [1.807, 2.05) is 262 Å². The van der Waals surface area contributed by atoms with Crippen LogP contribution in [-0.4, -0.2) is 19.9 Å². The number of hydrogen-bond acceptors (Lipinski definition) is 7. The van der Waals surface area contributed by atoms with Gasteiger partial charge in [-0.25, -0.2) is 16.8 Å². The Balaban J connectivity index is -0.0000000927. The van der Waals surface area contributed by atoms with Crippen molar-refractivity contribution in [3.63, 3.8) is 0 Å². The molecule has 0 spiro atoms. The van der Waals surface area contributed by atoms with E-state index in [1.165, 1.54) is 27.6 Å². The molecule has 0 fully saturated rings. The van der Waals surface area contributed by atoms with Crippen molar-refractivity contribution in [1.82, 2.24) is 25.4 Å². The van der Waals surface area contributed by atoms with E-state index < -0.39 is 0 Å². The topological polar surface area (TPSA) is 75.6 Å². The van der Waals surface area contributed by atoms with Crippen LogP contribution in [0.2, 0.25) is 0 Å². The zero-order valence-corrected chi connectivity index (χ0v) is 64.0. The molecule has 0 saturated carbocycles. The molecule has 1 aliphatic heterocycles. The number of nitrogens with zero attached hydrogens (tertiary/aromatic N) is 4. The minimum Gasteiger partial charge on any atom is -0.358 e. The number of rotatable bonds is 4. The van der Waals surface area contributed by atoms with Crippen LogP contribution in [-0.2, 0) is 93.4 Å². The van der Waals surface area contributed by atoms with Crippen LogP contribution in [0.1, 0.15) is 128 Å². The summed E-state index contributed by atoms with van der Waals surface area (Å²) in [6.45, 7) is 32.9. The predicted molar refractivity (Wildman–Crippen MR) is 359 cm³/mol. The molecule has 6 heterocycles. The molecule has 83 heavy (non-hydrogen) atoms. The van der Waals surface area contributed by atoms with E-state index >= 15 is 0 Å². The Labute approximate surface area is 567 Å². The summed E-state index contributed by atoms with van der Waals surface area (Å²) in [7, 11) is 0. The van der Waals surface area contributed by atoms with Gasteiger partial charge in [-0.15, -0.1) is 76.3 Å². The van der Waals surface area contributed by atoms with E-state index in [-0.39, 0.29) is 110 Å². The Hall–Kier alpha value is -4.72. The number of nitrogens with one attached hydrogen (secondary N) is 2. The summed E-state index contributed by atoms with van der Waals surface area (Å²) in [6.07, 6.45) is 8.08. The van der Waals surface area contributed by atoms with Gasteiger partial charge in [-0.05, 0) is 70.7 Å². The summed E-state index contributed by atoms with van der Waals surface area (Å²) in [5.74, 6) is 0. The van der Waals surface area contributed by atoms with Gasteiger partial charge in [0.2, 0.25) is 0 Å². The van der Waals surface area contributed by atoms with E-state index in [1.54, 1.807) is 23.7 Å². The van der Waals surface area contributed by atoms with Gasteiger partial charge < -0.3 is 50.1 Å². The Morgan fingerprint density at radius 1 is 0.410 bits per heavy atom. The molecular formula is C72H100Ir4N6S-8. The van der Waals surface area contributed by atoms with Crippen molar-refractivity contribution in [3.8, 4) is 21.8 Å². The molecule has 11 heteroatoms. The first-order valence-corrected chi connectivity index (χ1v) is 28.0. The van der Waals surface area contributed by atoms with Gasteiger partial charge in [-0.2, -0.15) is 48.0 Å². The van der Waals surface area contributed by atoms with E-state index in [2.05, 4.69) is 97.5 Å². The summed E-state index contributed by atoms with van der Waals surface area (Å²) in [5, 5.41) is 5.47. The summed E-state index contributed by atoms with van der Waals surface area (Å²) >= 11 is 1.66. The molecule has 1 aliphatic rings. The molecule has 11 rings (SSSR count). The molecule has 468 valence electrons. The molecule has 10 aromatic rings. The third-order valence-corrected chi connectivity index (χ3v) is 9.65. The van der Waals surface area contributed by atoms with Gasteiger partial charge in [0, 0.05) is 117 Å². The molecule has 5 aromatic carbocycles. The smallest absolute Gasteiger partial charge is 0.0533 e. The number of aromatic nitrogens is 4. The molecule has 0 amide bonds. The summed E-state index contributed by atoms with van der Waals surface area (Å²) in [6, 6.07) is 70.6. The van der Waals surface area contributed by atoms with Crippen molar-refractivity contribution >= 4 is 38.7 Å². The van der Waals surface area contributed by atoms with Crippen LogP contribution < -0.4 is 10.9 Å². The van der Waals surface area contributed by atoms with Crippen LogP contribution in [0.5, 0.6) is 0 Å². The van der Waals surface area contributed by atoms with Gasteiger partial charge in [0.05, 0.1) is 5.69 Å². The van der Waals surface area contributed by atoms with Crippen molar-refractivity contribution < 1.29 is 80.4 Å². The maximum absolute atomic E-state index is 4.38. The van der Waals surface area contributed by atoms with Gasteiger partial charge in [-0.3, -0.25) is 4.98 Å². The van der Waals surface area contributed by atoms with Crippen molar-refractivity contribution in [2.24, 2.45) is 0 Å². The second-order valence-corrected chi connectivity index (χ2v) is 13.8. The van der Waals surface area contributed by atoms with Crippen molar-refractivity contribution in [2.45, 2.75) is 124 Å². The minimum absolute atomic E-state index is 0. The van der Waals surface area contributed by atoms with Gasteiger partial charge >= 0.3 is 0 Å². The largest absolute Gasteiger partial charge is 0.358 e. The maximum Gasteiger partial charge on any atom is 0.0533 e. The fourth-order valence-electron chi connectivity index (χ4n) is 5.96. The summed E-state index contributed by atoms with van der Waals surface area (Å²) in [4.78, 5) is 18.2. The number of pyridine rings is 4. The Kier molecular flexibility index (Phi) is 88.7. The number of para-hydroxylation sites is 1. The SMILES string of the molecule is CC.CC.CC.CC.CC.CC.CC.CC.[CH3-].[CH3-].[CH3-].[CH3-].[Ir].[Ir].[Ir].[Ir].[c-]1cccc2ccc3cccnc3c12.[c-]1ccccc1-c1ccccn1.[c-]1ccccc1Cc1ccccn1.[c-]1ccsc1-c1ccccn1.c1ccc2c(c1)CNN2. The first kappa shape index (κ1) is 100. The molecule has 2 N–H and O–H groups in total. The number of benzene rings is 5. The van der Waals surface area contributed by atoms with Crippen molar-refractivity contribution in [2.75, 3.05) is 5.43 Å². The number of fused-ring (bicyclic) bond motifs is 4. The van der Waals surface area contributed by atoms with E-state index in [0.29, 0.717) is 0 Å². The van der Waals surface area contributed by atoms with Crippen molar-refractivity contribution in [1.29, 1.82) is 0 Å². The van der Waals surface area contributed by atoms with Gasteiger partial charge in [-0.1, -0.05) is 182 Å². The minimum atomic E-state index is 0. The average molecular weight is 1850 g/mol. The molecule has 6 nitrogen and oxygen atoms in total. The molecule has 5 aromatic heterocycles. The summed E-state index contributed by atoms with van der Waals surface area (Å²) < 4.78 is 0. The normalized spacial score (nSPS) is 8.24. The Morgan fingerprint density at radius 2 is 0.904 bits per heavy atom. The third kappa shape index (κ3) is 41.9. The Morgan fingerprint density at radius 3 is 1.41 bits per heavy atom. The van der Waals surface area contributed by atoms with E-state index in [0.717, 1.165) is 51.4 Å². The molecule has 0 aliphatic carbocycles.